The third kappa shape index (κ3) is 7.69. The maximum Gasteiger partial charge on any atom is 0.246 e. The minimum absolute atomic E-state index is 0.0854. The molecule has 4 rings (SSSR count). The van der Waals surface area contributed by atoms with Gasteiger partial charge in [-0.1, -0.05) is 60.7 Å². The van der Waals surface area contributed by atoms with E-state index >= 15 is 0 Å². The van der Waals surface area contributed by atoms with Crippen molar-refractivity contribution in [3.05, 3.63) is 71.8 Å². The molecule has 2 aromatic carbocycles. The van der Waals surface area contributed by atoms with Crippen molar-refractivity contribution in [3.63, 3.8) is 0 Å². The van der Waals surface area contributed by atoms with Gasteiger partial charge in [0.25, 0.3) is 0 Å². The molecule has 236 valence electrons. The molecule has 0 aliphatic heterocycles. The average Bonchev–Trinajstić information content (AvgIpc) is 3.91. The third-order valence-corrected chi connectivity index (χ3v) is 9.11. The highest BCUT2D eigenvalue weighted by molar-refractivity contribution is 7.98. The Morgan fingerprint density at radius 1 is 0.932 bits per heavy atom. The van der Waals surface area contributed by atoms with Crippen LogP contribution in [-0.2, 0) is 25.6 Å². The molecule has 44 heavy (non-hydrogen) atoms. The van der Waals surface area contributed by atoms with Crippen molar-refractivity contribution < 1.29 is 19.2 Å². The van der Waals surface area contributed by atoms with E-state index in [-0.39, 0.29) is 30.8 Å². The van der Waals surface area contributed by atoms with Gasteiger partial charge in [-0.2, -0.15) is 11.8 Å². The number of guanidine groups is 1. The summed E-state index contributed by atoms with van der Waals surface area (Å²) in [6, 6.07) is 16.8. The van der Waals surface area contributed by atoms with Crippen LogP contribution in [0.3, 0.4) is 0 Å². The van der Waals surface area contributed by atoms with Crippen LogP contribution in [0.15, 0.2) is 65.7 Å². The van der Waals surface area contributed by atoms with E-state index in [1.807, 2.05) is 66.9 Å². The predicted octanol–water partition coefficient (Wildman–Crippen LogP) is -0.139. The fourth-order valence-corrected chi connectivity index (χ4v) is 6.49. The summed E-state index contributed by atoms with van der Waals surface area (Å²) in [7, 11) is 0. The minimum Gasteiger partial charge on any atom is -0.370 e. The van der Waals surface area contributed by atoms with Crippen LogP contribution in [-0.4, -0.2) is 71.3 Å². The molecule has 0 heterocycles. The van der Waals surface area contributed by atoms with Crippen LogP contribution < -0.4 is 38.9 Å². The van der Waals surface area contributed by atoms with Crippen LogP contribution in [0.2, 0.25) is 0 Å². The molecule has 2 saturated carbocycles. The molecule has 13 heteroatoms. The van der Waals surface area contributed by atoms with Gasteiger partial charge in [-0.15, -0.1) is 0 Å². The molecule has 2 fully saturated rings. The first-order valence-electron chi connectivity index (χ1n) is 14.7. The molecule has 6 atom stereocenters. The number of nitrogens with zero attached hydrogens (tertiary/aromatic N) is 1. The van der Waals surface area contributed by atoms with Crippen LogP contribution in [0.1, 0.15) is 42.7 Å². The number of benzene rings is 2. The number of hydrogen-bond acceptors (Lipinski definition) is 7. The minimum atomic E-state index is -1.27. The molecule has 11 N–H and O–H groups in total. The van der Waals surface area contributed by atoms with E-state index in [0.29, 0.717) is 31.4 Å². The summed E-state index contributed by atoms with van der Waals surface area (Å²) in [4.78, 5) is 57.3. The number of nitrogens with two attached hydrogens (primary N) is 4. The number of primary amides is 1. The summed E-state index contributed by atoms with van der Waals surface area (Å²) < 4.78 is 0. The van der Waals surface area contributed by atoms with E-state index in [9.17, 15) is 19.2 Å². The van der Waals surface area contributed by atoms with Crippen LogP contribution in [0.25, 0.3) is 0 Å². The number of carbonyl (C=O) groups is 4. The molecule has 0 spiro atoms. The van der Waals surface area contributed by atoms with Crippen molar-refractivity contribution >= 4 is 41.4 Å². The first-order valence-corrected chi connectivity index (χ1v) is 16.1. The molecule has 0 aromatic heterocycles. The molecule has 0 unspecified atom stereocenters. The summed E-state index contributed by atoms with van der Waals surface area (Å²) in [5.74, 6) is -2.01. The average molecular weight is 623 g/mol. The van der Waals surface area contributed by atoms with Crippen molar-refractivity contribution in [3.8, 4) is 0 Å². The number of thioether (sulfide) groups is 1. The Bertz CT molecular complexity index is 1370. The monoisotopic (exact) mass is 622 g/mol. The van der Waals surface area contributed by atoms with Crippen molar-refractivity contribution in [2.75, 3.05) is 18.6 Å². The van der Waals surface area contributed by atoms with Gasteiger partial charge < -0.3 is 38.9 Å². The summed E-state index contributed by atoms with van der Waals surface area (Å²) in [6.45, 7) is 0.237. The quantitative estimate of drug-likeness (QED) is 0.0757. The maximum atomic E-state index is 13.9. The van der Waals surface area contributed by atoms with E-state index in [4.69, 9.17) is 22.9 Å². The van der Waals surface area contributed by atoms with Gasteiger partial charge in [0.05, 0.1) is 6.04 Å². The number of carbonyl (C=O) groups excluding carboxylic acids is 4. The standard InChI is InChI=1S/C31H42N8O4S/c1-44-18-21-16-30(21,38-25(40)23(32)15-19-9-4-2-5-10-19)28(43)37-24(13-8-14-36-29(34)35)26(41)39-31(27(33)42)17-22(31)20-11-6-3-7-12-20/h2-7,9-12,21-24H,8,13-18,32H2,1H3,(H2,33,42)(H,37,43)(H,38,40)(H,39,41)(H4,34,35,36)/t21-,22-,23+,24+,30+,31-/m1/s1. The predicted molar refractivity (Wildman–Crippen MR) is 171 cm³/mol. The molecule has 12 nitrogen and oxygen atoms in total. The van der Waals surface area contributed by atoms with Crippen LogP contribution in [0.5, 0.6) is 0 Å². The second-order valence-electron chi connectivity index (χ2n) is 11.6. The largest absolute Gasteiger partial charge is 0.370 e. The molecule has 0 bridgehead atoms. The van der Waals surface area contributed by atoms with Crippen LogP contribution in [0, 0.1) is 5.92 Å². The number of amides is 4. The Labute approximate surface area is 261 Å². The van der Waals surface area contributed by atoms with Gasteiger partial charge in [0.1, 0.15) is 17.1 Å². The zero-order valence-electron chi connectivity index (χ0n) is 24.8. The van der Waals surface area contributed by atoms with Gasteiger partial charge >= 0.3 is 0 Å². The Kier molecular flexibility index (Phi) is 10.5. The summed E-state index contributed by atoms with van der Waals surface area (Å²) in [5, 5.41) is 8.60. The van der Waals surface area contributed by atoms with Crippen molar-refractivity contribution in [2.45, 2.75) is 61.2 Å². The lowest BCUT2D eigenvalue weighted by molar-refractivity contribution is -0.135. The van der Waals surface area contributed by atoms with Gasteiger partial charge in [0.2, 0.25) is 23.6 Å². The second-order valence-corrected chi connectivity index (χ2v) is 12.5. The fraction of sp³-hybridized carbons (Fsp3) is 0.452. The van der Waals surface area contributed by atoms with Crippen molar-refractivity contribution in [1.29, 1.82) is 0 Å². The van der Waals surface area contributed by atoms with E-state index in [1.54, 1.807) is 11.8 Å². The van der Waals surface area contributed by atoms with E-state index < -0.39 is 46.8 Å². The van der Waals surface area contributed by atoms with Gasteiger partial charge in [-0.25, -0.2) is 0 Å². The summed E-state index contributed by atoms with van der Waals surface area (Å²) in [6.07, 6.45) is 3.55. The molecule has 2 aliphatic carbocycles. The van der Waals surface area contributed by atoms with Gasteiger partial charge in [-0.05, 0) is 55.2 Å². The maximum absolute atomic E-state index is 13.9. The lowest BCUT2D eigenvalue weighted by Gasteiger charge is -2.26. The van der Waals surface area contributed by atoms with Gasteiger partial charge in [0.15, 0.2) is 5.96 Å². The van der Waals surface area contributed by atoms with Gasteiger partial charge in [-0.3, -0.25) is 24.2 Å². The highest BCUT2D eigenvalue weighted by Gasteiger charge is 2.63. The first-order chi connectivity index (χ1) is 21.0. The molecule has 0 saturated heterocycles. The number of hydrogen-bond donors (Lipinski definition) is 7. The Morgan fingerprint density at radius 2 is 1.57 bits per heavy atom. The summed E-state index contributed by atoms with van der Waals surface area (Å²) >= 11 is 1.56. The Morgan fingerprint density at radius 3 is 2.18 bits per heavy atom. The number of aliphatic imine (C=N–C) groups is 1. The SMILES string of the molecule is CSC[C@H]1C[C@@]1(NC(=O)[C@@H](N)Cc1ccccc1)C(=O)N[C@@H](CCCN=C(N)N)C(=O)N[C@]1(C(N)=O)C[C@@H]1c1ccccc1. The molecule has 0 radical (unpaired) electrons. The van der Waals surface area contributed by atoms with Crippen LogP contribution in [0.4, 0.5) is 0 Å². The highest BCUT2D eigenvalue weighted by atomic mass is 32.2. The van der Waals surface area contributed by atoms with Crippen molar-refractivity contribution in [1.82, 2.24) is 16.0 Å². The smallest absolute Gasteiger partial charge is 0.246 e. The lowest BCUT2D eigenvalue weighted by Crippen LogP contribution is -2.60. The zero-order valence-corrected chi connectivity index (χ0v) is 25.6. The number of rotatable bonds is 16. The fourth-order valence-electron chi connectivity index (χ4n) is 5.68. The van der Waals surface area contributed by atoms with Crippen molar-refractivity contribution in [2.24, 2.45) is 33.8 Å². The second kappa shape index (κ2) is 14.1. The molecule has 2 aromatic rings. The van der Waals surface area contributed by atoms with E-state index in [1.165, 1.54) is 0 Å². The number of nitrogens with one attached hydrogen (secondary N) is 3. The Balaban J connectivity index is 1.49. The topological polar surface area (TPSA) is 221 Å². The molecular weight excluding hydrogens is 580 g/mol. The first kappa shape index (κ1) is 32.8. The van der Waals surface area contributed by atoms with E-state index in [0.717, 1.165) is 11.1 Å². The normalized spacial score (nSPS) is 24.7. The molecule has 2 aliphatic rings. The zero-order chi connectivity index (χ0) is 31.9. The highest BCUT2D eigenvalue weighted by Crippen LogP contribution is 2.51. The van der Waals surface area contributed by atoms with Gasteiger partial charge in [0, 0.05) is 18.4 Å². The lowest BCUT2D eigenvalue weighted by atomic mass is 10.0. The molecular formula is C31H42N8O4S. The summed E-state index contributed by atoms with van der Waals surface area (Å²) in [5.41, 5.74) is 22.2. The molecule has 4 amide bonds. The van der Waals surface area contributed by atoms with Crippen LogP contribution >= 0.6 is 11.8 Å². The third-order valence-electron chi connectivity index (χ3n) is 8.38. The van der Waals surface area contributed by atoms with E-state index in [2.05, 4.69) is 20.9 Å². The Hall–Kier alpha value is -4.10.